The predicted octanol–water partition coefficient (Wildman–Crippen LogP) is 6.09. The second kappa shape index (κ2) is 13.4. The van der Waals surface area contributed by atoms with Crippen molar-refractivity contribution in [1.29, 1.82) is 0 Å². The fourth-order valence-electron chi connectivity index (χ4n) is 5.12. The van der Waals surface area contributed by atoms with Crippen LogP contribution in [0, 0.1) is 5.92 Å². The Morgan fingerprint density at radius 1 is 0.923 bits per heavy atom. The molecule has 4 rings (SSSR count). The summed E-state index contributed by atoms with van der Waals surface area (Å²) in [5.74, 6) is 0.460. The van der Waals surface area contributed by atoms with E-state index in [1.54, 1.807) is 0 Å². The van der Waals surface area contributed by atoms with Crippen molar-refractivity contribution in [3.05, 3.63) is 95.6 Å². The molecule has 0 spiro atoms. The van der Waals surface area contributed by atoms with Gasteiger partial charge in [0.15, 0.2) is 0 Å². The molecule has 0 saturated carbocycles. The Balaban J connectivity index is 1.33. The quantitative estimate of drug-likeness (QED) is 0.336. The van der Waals surface area contributed by atoms with E-state index in [0.29, 0.717) is 11.5 Å². The van der Waals surface area contributed by atoms with Gasteiger partial charge in [0.05, 0.1) is 6.04 Å². The van der Waals surface area contributed by atoms with E-state index in [1.807, 2.05) is 87.4 Å². The molecule has 1 atom stereocenters. The fourth-order valence-corrected chi connectivity index (χ4v) is 5.12. The summed E-state index contributed by atoms with van der Waals surface area (Å²) in [7, 11) is 3.99. The first-order valence-corrected chi connectivity index (χ1v) is 14.1. The van der Waals surface area contributed by atoms with E-state index < -0.39 is 0 Å². The minimum atomic E-state index is -0.0498. The predicted molar refractivity (Wildman–Crippen MR) is 160 cm³/mol. The van der Waals surface area contributed by atoms with Gasteiger partial charge in [0.2, 0.25) is 5.91 Å². The van der Waals surface area contributed by atoms with Crippen molar-refractivity contribution in [1.82, 2.24) is 10.2 Å². The third-order valence-corrected chi connectivity index (χ3v) is 7.62. The first-order chi connectivity index (χ1) is 18.8. The van der Waals surface area contributed by atoms with E-state index in [-0.39, 0.29) is 23.8 Å². The molecule has 3 aromatic carbocycles. The second-order valence-electron chi connectivity index (χ2n) is 11.1. The van der Waals surface area contributed by atoms with E-state index in [2.05, 4.69) is 39.8 Å². The molecular weight excluding hydrogens is 484 g/mol. The summed E-state index contributed by atoms with van der Waals surface area (Å²) in [4.78, 5) is 29.8. The number of nitrogens with one attached hydrogen (secondary N) is 2. The maximum Gasteiger partial charge on any atom is 0.251 e. The number of benzene rings is 3. The van der Waals surface area contributed by atoms with Gasteiger partial charge in [0.25, 0.3) is 5.91 Å². The van der Waals surface area contributed by atoms with Gasteiger partial charge in [-0.1, -0.05) is 56.3 Å². The molecule has 2 amide bonds. The average molecular weight is 527 g/mol. The fraction of sp³-hybridized carbons (Fsp3) is 0.394. The van der Waals surface area contributed by atoms with Crippen LogP contribution in [0.2, 0.25) is 0 Å². The van der Waals surface area contributed by atoms with E-state index in [4.69, 9.17) is 0 Å². The Morgan fingerprint density at radius 2 is 1.62 bits per heavy atom. The molecule has 2 N–H and O–H groups in total. The van der Waals surface area contributed by atoms with Gasteiger partial charge in [0.1, 0.15) is 0 Å². The first kappa shape index (κ1) is 28.4. The highest BCUT2D eigenvalue weighted by Gasteiger charge is 2.23. The number of anilines is 2. The summed E-state index contributed by atoms with van der Waals surface area (Å²) in [5.41, 5.74) is 5.05. The lowest BCUT2D eigenvalue weighted by molar-refractivity contribution is -0.118. The Bertz CT molecular complexity index is 1220. The first-order valence-electron chi connectivity index (χ1n) is 14.1. The zero-order valence-electron chi connectivity index (χ0n) is 23.7. The van der Waals surface area contributed by atoms with Gasteiger partial charge in [-0.25, -0.2) is 0 Å². The highest BCUT2D eigenvalue weighted by Crippen LogP contribution is 2.30. The van der Waals surface area contributed by atoms with Crippen molar-refractivity contribution in [3.63, 3.8) is 0 Å². The smallest absolute Gasteiger partial charge is 0.251 e. The van der Waals surface area contributed by atoms with Crippen molar-refractivity contribution in [2.75, 3.05) is 43.9 Å². The number of likely N-dealkylation sites (tertiary alicyclic amines) is 1. The number of rotatable bonds is 10. The summed E-state index contributed by atoms with van der Waals surface area (Å²) in [6.45, 7) is 6.79. The molecule has 0 radical (unpaired) electrons. The van der Waals surface area contributed by atoms with E-state index in [1.165, 1.54) is 5.56 Å². The average Bonchev–Trinajstić information content (AvgIpc) is 2.96. The van der Waals surface area contributed by atoms with Crippen LogP contribution in [-0.4, -0.2) is 50.4 Å². The van der Waals surface area contributed by atoms with Crippen LogP contribution < -0.4 is 15.5 Å². The number of hydrogen-bond acceptors (Lipinski definition) is 4. The van der Waals surface area contributed by atoms with Crippen molar-refractivity contribution in [2.24, 2.45) is 5.92 Å². The van der Waals surface area contributed by atoms with Gasteiger partial charge in [-0.3, -0.25) is 9.59 Å². The minimum absolute atomic E-state index is 0.0370. The van der Waals surface area contributed by atoms with E-state index >= 15 is 0 Å². The summed E-state index contributed by atoms with van der Waals surface area (Å²) in [5, 5.41) is 6.32. The number of hydrogen-bond donors (Lipinski definition) is 2. The molecule has 0 aromatic heterocycles. The Hall–Kier alpha value is -3.64. The molecule has 0 unspecified atom stereocenters. The SMILES string of the molecule is CC(C)C(=O)Nc1cccc(C2CCN(CC[C@H](NC(=O)c3ccc(N(C)C)cc3)c3ccccc3)CC2)c1. The van der Waals surface area contributed by atoms with Crippen LogP contribution in [0.15, 0.2) is 78.9 Å². The van der Waals surface area contributed by atoms with Crippen molar-refractivity contribution in [3.8, 4) is 0 Å². The summed E-state index contributed by atoms with van der Waals surface area (Å²) >= 11 is 0. The van der Waals surface area contributed by atoms with Gasteiger partial charge in [-0.05, 0) is 85.8 Å². The lowest BCUT2D eigenvalue weighted by atomic mass is 9.89. The van der Waals surface area contributed by atoms with Crippen molar-refractivity contribution >= 4 is 23.2 Å². The van der Waals surface area contributed by atoms with Crippen LogP contribution in [0.1, 0.15) is 66.6 Å². The third-order valence-electron chi connectivity index (χ3n) is 7.62. The lowest BCUT2D eigenvalue weighted by Gasteiger charge is -2.33. The van der Waals surface area contributed by atoms with Crippen LogP contribution in [0.4, 0.5) is 11.4 Å². The normalized spacial score (nSPS) is 15.1. The van der Waals surface area contributed by atoms with Gasteiger partial charge in [-0.2, -0.15) is 0 Å². The largest absolute Gasteiger partial charge is 0.378 e. The van der Waals surface area contributed by atoms with Crippen LogP contribution >= 0.6 is 0 Å². The third kappa shape index (κ3) is 7.93. The van der Waals surface area contributed by atoms with E-state index in [0.717, 1.165) is 55.8 Å². The van der Waals surface area contributed by atoms with Crippen LogP contribution in [-0.2, 0) is 4.79 Å². The number of carbonyl (C=O) groups excluding carboxylic acids is 2. The topological polar surface area (TPSA) is 64.7 Å². The van der Waals surface area contributed by atoms with Gasteiger partial charge < -0.3 is 20.4 Å². The van der Waals surface area contributed by atoms with Gasteiger partial charge >= 0.3 is 0 Å². The summed E-state index contributed by atoms with van der Waals surface area (Å²) in [6, 6.07) is 26.3. The van der Waals surface area contributed by atoms with Crippen molar-refractivity contribution in [2.45, 2.75) is 45.1 Å². The molecule has 6 heteroatoms. The molecule has 206 valence electrons. The maximum absolute atomic E-state index is 13.1. The molecule has 3 aromatic rings. The Labute approximate surface area is 233 Å². The number of piperidine rings is 1. The Morgan fingerprint density at radius 3 is 2.26 bits per heavy atom. The van der Waals surface area contributed by atoms with E-state index in [9.17, 15) is 9.59 Å². The molecule has 1 heterocycles. The number of nitrogens with zero attached hydrogens (tertiary/aromatic N) is 2. The van der Waals surface area contributed by atoms with Crippen molar-refractivity contribution < 1.29 is 9.59 Å². The second-order valence-corrected chi connectivity index (χ2v) is 11.1. The zero-order valence-corrected chi connectivity index (χ0v) is 23.7. The van der Waals surface area contributed by atoms with Gasteiger partial charge in [0, 0.05) is 43.5 Å². The van der Waals surface area contributed by atoms with Crippen LogP contribution in [0.3, 0.4) is 0 Å². The molecule has 39 heavy (non-hydrogen) atoms. The number of amides is 2. The standard InChI is InChI=1S/C33H42N4O2/c1-24(2)32(38)34-29-12-8-11-28(23-29)25-17-20-37(21-18-25)22-19-31(26-9-6-5-7-10-26)35-33(39)27-13-15-30(16-14-27)36(3)4/h5-16,23-25,31H,17-22H2,1-4H3,(H,34,38)(H,35,39)/t31-/m0/s1. The summed E-state index contributed by atoms with van der Waals surface area (Å²) < 4.78 is 0. The molecule has 0 bridgehead atoms. The van der Waals surface area contributed by atoms with Gasteiger partial charge in [-0.15, -0.1) is 0 Å². The highest BCUT2D eigenvalue weighted by molar-refractivity contribution is 5.94. The summed E-state index contributed by atoms with van der Waals surface area (Å²) in [6.07, 6.45) is 3.03. The Kier molecular flexibility index (Phi) is 9.77. The molecule has 1 fully saturated rings. The molecule has 1 saturated heterocycles. The zero-order chi connectivity index (χ0) is 27.8. The molecule has 6 nitrogen and oxygen atoms in total. The molecule has 1 aliphatic rings. The lowest BCUT2D eigenvalue weighted by Crippen LogP contribution is -2.36. The molecule has 1 aliphatic heterocycles. The molecule has 0 aliphatic carbocycles. The van der Waals surface area contributed by atoms with Crippen LogP contribution in [0.25, 0.3) is 0 Å². The minimum Gasteiger partial charge on any atom is -0.378 e. The molecular formula is C33H42N4O2. The number of carbonyl (C=O) groups is 2. The monoisotopic (exact) mass is 526 g/mol. The maximum atomic E-state index is 13.1. The van der Waals surface area contributed by atoms with Crippen LogP contribution in [0.5, 0.6) is 0 Å². The highest BCUT2D eigenvalue weighted by atomic mass is 16.2.